The molecule has 1 saturated heterocycles. The van der Waals surface area contributed by atoms with Gasteiger partial charge in [0.25, 0.3) is 0 Å². The maximum Gasteiger partial charge on any atom is 0.146 e. The molecule has 7 nitrogen and oxygen atoms in total. The number of nitrogens with zero attached hydrogens (tertiary/aromatic N) is 3. The van der Waals surface area contributed by atoms with Crippen LogP contribution in [0.25, 0.3) is 33.5 Å². The van der Waals surface area contributed by atoms with Crippen molar-refractivity contribution >= 4 is 16.6 Å². The number of rotatable bonds is 9. The molecule has 0 saturated carbocycles. The number of H-pyrrole nitrogens is 1. The zero-order chi connectivity index (χ0) is 27.3. The molecule has 2 aromatic carbocycles. The standard InChI is InChI=1S/C32H33FN6O/c1-21-5-4-8-29(37-21)32-31(38-30(39-32)20-36-28-7-3-2-6-26(28)33)23-9-10-27-24(17-23)18-25(19-35-27)40-16-13-22-11-14-34-15-12-22/h2-10,17-19,22,34,36H,11-16,20H2,1H3,(H,38,39). The average Bonchev–Trinajstić information content (AvgIpc) is 3.41. The fourth-order valence-corrected chi connectivity index (χ4v) is 5.22. The Bertz CT molecular complexity index is 1610. The quantitative estimate of drug-likeness (QED) is 0.199. The molecule has 6 rings (SSSR count). The molecule has 0 spiro atoms. The summed E-state index contributed by atoms with van der Waals surface area (Å²) in [5, 5.41) is 7.55. The number of hydrogen-bond donors (Lipinski definition) is 3. The van der Waals surface area contributed by atoms with Gasteiger partial charge in [-0.05, 0) is 87.7 Å². The third kappa shape index (κ3) is 5.97. The summed E-state index contributed by atoms with van der Waals surface area (Å²) in [7, 11) is 0. The van der Waals surface area contributed by atoms with Crippen molar-refractivity contribution in [1.82, 2.24) is 25.3 Å². The largest absolute Gasteiger partial charge is 0.492 e. The topological polar surface area (TPSA) is 87.8 Å². The lowest BCUT2D eigenvalue weighted by Crippen LogP contribution is -2.28. The molecule has 204 valence electrons. The third-order valence-corrected chi connectivity index (χ3v) is 7.40. The number of anilines is 1. The average molecular weight is 537 g/mol. The first-order chi connectivity index (χ1) is 19.6. The van der Waals surface area contributed by atoms with Gasteiger partial charge in [-0.1, -0.05) is 24.3 Å². The number of ether oxygens (including phenoxy) is 1. The molecule has 0 atom stereocenters. The van der Waals surface area contributed by atoms with E-state index < -0.39 is 0 Å². The van der Waals surface area contributed by atoms with Crippen molar-refractivity contribution in [3.8, 4) is 28.4 Å². The first-order valence-electron chi connectivity index (χ1n) is 13.9. The highest BCUT2D eigenvalue weighted by molar-refractivity contribution is 5.87. The number of imidazole rings is 1. The highest BCUT2D eigenvalue weighted by Crippen LogP contribution is 2.32. The first-order valence-corrected chi connectivity index (χ1v) is 13.9. The van der Waals surface area contributed by atoms with E-state index in [0.717, 1.165) is 70.4 Å². The van der Waals surface area contributed by atoms with Crippen LogP contribution in [0.5, 0.6) is 5.75 Å². The molecule has 0 amide bonds. The van der Waals surface area contributed by atoms with Crippen LogP contribution in [-0.4, -0.2) is 39.6 Å². The van der Waals surface area contributed by atoms with Crippen molar-refractivity contribution in [3.63, 3.8) is 0 Å². The van der Waals surface area contributed by atoms with Crippen molar-refractivity contribution in [3.05, 3.63) is 90.3 Å². The molecule has 40 heavy (non-hydrogen) atoms. The predicted octanol–water partition coefficient (Wildman–Crippen LogP) is 6.52. The van der Waals surface area contributed by atoms with Gasteiger partial charge < -0.3 is 20.4 Å². The van der Waals surface area contributed by atoms with Crippen LogP contribution < -0.4 is 15.4 Å². The normalized spacial score (nSPS) is 13.9. The van der Waals surface area contributed by atoms with Gasteiger partial charge in [-0.3, -0.25) is 9.97 Å². The summed E-state index contributed by atoms with van der Waals surface area (Å²) in [6.45, 7) is 5.19. The predicted molar refractivity (Wildman–Crippen MR) is 157 cm³/mol. The molecule has 8 heteroatoms. The summed E-state index contributed by atoms with van der Waals surface area (Å²) in [5.74, 6) is 1.88. The van der Waals surface area contributed by atoms with Gasteiger partial charge in [0.05, 0.1) is 41.9 Å². The SMILES string of the molecule is Cc1cccc(-c2nc(CNc3ccccc3F)[nH]c2-c2ccc3ncc(OCCC4CCNCC4)cc3c2)n1. The van der Waals surface area contributed by atoms with E-state index in [-0.39, 0.29) is 5.82 Å². The number of hydrogen-bond acceptors (Lipinski definition) is 6. The molecule has 0 radical (unpaired) electrons. The molecule has 0 unspecified atom stereocenters. The van der Waals surface area contributed by atoms with Crippen LogP contribution in [0.15, 0.2) is 72.9 Å². The highest BCUT2D eigenvalue weighted by Gasteiger charge is 2.17. The summed E-state index contributed by atoms with van der Waals surface area (Å²) in [6.07, 6.45) is 5.28. The summed E-state index contributed by atoms with van der Waals surface area (Å²) in [5.41, 5.74) is 5.57. The van der Waals surface area contributed by atoms with E-state index in [0.29, 0.717) is 24.7 Å². The van der Waals surface area contributed by atoms with Crippen molar-refractivity contribution in [2.75, 3.05) is 25.0 Å². The fourth-order valence-electron chi connectivity index (χ4n) is 5.22. The van der Waals surface area contributed by atoms with E-state index in [2.05, 4.69) is 32.7 Å². The molecule has 1 fully saturated rings. The van der Waals surface area contributed by atoms with Crippen molar-refractivity contribution in [1.29, 1.82) is 0 Å². The second kappa shape index (κ2) is 11.8. The fraction of sp³-hybridized carbons (Fsp3) is 0.281. The molecule has 1 aliphatic heterocycles. The van der Waals surface area contributed by atoms with Gasteiger partial charge in [-0.25, -0.2) is 9.37 Å². The maximum atomic E-state index is 14.2. The van der Waals surface area contributed by atoms with Gasteiger partial charge in [0.15, 0.2) is 0 Å². The number of para-hydroxylation sites is 1. The minimum atomic E-state index is -0.300. The van der Waals surface area contributed by atoms with E-state index in [1.165, 1.54) is 18.9 Å². The van der Waals surface area contributed by atoms with Gasteiger partial charge in [-0.15, -0.1) is 0 Å². The molecule has 0 bridgehead atoms. The van der Waals surface area contributed by atoms with Crippen LogP contribution in [0.3, 0.4) is 0 Å². The number of piperidine rings is 1. The molecule has 5 aromatic rings. The van der Waals surface area contributed by atoms with E-state index in [1.807, 2.05) is 37.3 Å². The minimum Gasteiger partial charge on any atom is -0.492 e. The third-order valence-electron chi connectivity index (χ3n) is 7.40. The van der Waals surface area contributed by atoms with Crippen molar-refractivity contribution in [2.24, 2.45) is 5.92 Å². The molecular formula is C32H33FN6O. The Morgan fingerprint density at radius 2 is 1.88 bits per heavy atom. The highest BCUT2D eigenvalue weighted by atomic mass is 19.1. The Morgan fingerprint density at radius 1 is 1.00 bits per heavy atom. The van der Waals surface area contributed by atoms with Crippen molar-refractivity contribution < 1.29 is 9.13 Å². The lowest BCUT2D eigenvalue weighted by Gasteiger charge is -2.22. The van der Waals surface area contributed by atoms with E-state index >= 15 is 0 Å². The summed E-state index contributed by atoms with van der Waals surface area (Å²) in [6, 6.07) is 20.7. The molecule has 3 N–H and O–H groups in total. The Balaban J connectivity index is 1.28. The number of aryl methyl sites for hydroxylation is 1. The lowest BCUT2D eigenvalue weighted by atomic mass is 9.95. The van der Waals surface area contributed by atoms with Crippen molar-refractivity contribution in [2.45, 2.75) is 32.7 Å². The minimum absolute atomic E-state index is 0.300. The number of pyridine rings is 2. The Kier molecular flexibility index (Phi) is 7.68. The summed E-state index contributed by atoms with van der Waals surface area (Å²) >= 11 is 0. The number of nitrogens with one attached hydrogen (secondary N) is 3. The number of benzene rings is 2. The van der Waals surface area contributed by atoms with Gasteiger partial charge in [0.1, 0.15) is 23.1 Å². The summed E-state index contributed by atoms with van der Waals surface area (Å²) in [4.78, 5) is 17.7. The van der Waals surface area contributed by atoms with Gasteiger partial charge >= 0.3 is 0 Å². The van der Waals surface area contributed by atoms with Crippen LogP contribution in [0.1, 0.15) is 30.8 Å². The number of fused-ring (bicyclic) bond motifs is 1. The number of halogens is 1. The Morgan fingerprint density at radius 3 is 2.73 bits per heavy atom. The molecular weight excluding hydrogens is 503 g/mol. The molecule has 4 heterocycles. The molecule has 1 aliphatic rings. The van der Waals surface area contributed by atoms with Crippen LogP contribution in [0.2, 0.25) is 0 Å². The van der Waals surface area contributed by atoms with E-state index in [9.17, 15) is 4.39 Å². The van der Waals surface area contributed by atoms with Gasteiger partial charge in [0, 0.05) is 16.6 Å². The lowest BCUT2D eigenvalue weighted by molar-refractivity contribution is 0.251. The monoisotopic (exact) mass is 536 g/mol. The van der Waals surface area contributed by atoms with E-state index in [1.54, 1.807) is 24.4 Å². The first kappa shape index (κ1) is 26.0. The zero-order valence-electron chi connectivity index (χ0n) is 22.6. The second-order valence-corrected chi connectivity index (χ2v) is 10.3. The Labute approximate surface area is 233 Å². The molecule has 3 aromatic heterocycles. The second-order valence-electron chi connectivity index (χ2n) is 10.3. The van der Waals surface area contributed by atoms with Gasteiger partial charge in [-0.2, -0.15) is 0 Å². The van der Waals surface area contributed by atoms with Gasteiger partial charge in [0.2, 0.25) is 0 Å². The molecule has 0 aliphatic carbocycles. The number of aromatic nitrogens is 4. The maximum absolute atomic E-state index is 14.2. The number of aromatic amines is 1. The smallest absolute Gasteiger partial charge is 0.146 e. The van der Waals surface area contributed by atoms with E-state index in [4.69, 9.17) is 14.7 Å². The Hall–Kier alpha value is -4.30. The van der Waals surface area contributed by atoms with Crippen LogP contribution in [0, 0.1) is 18.7 Å². The van der Waals surface area contributed by atoms with Crippen LogP contribution in [0.4, 0.5) is 10.1 Å². The summed E-state index contributed by atoms with van der Waals surface area (Å²) < 4.78 is 20.3. The van der Waals surface area contributed by atoms with Crippen LogP contribution >= 0.6 is 0 Å². The zero-order valence-corrected chi connectivity index (χ0v) is 22.6. The van der Waals surface area contributed by atoms with Crippen LogP contribution in [-0.2, 0) is 6.54 Å².